The van der Waals surface area contributed by atoms with Gasteiger partial charge in [-0.15, -0.1) is 0 Å². The van der Waals surface area contributed by atoms with Crippen LogP contribution in [0.25, 0.3) is 11.3 Å². The number of carbonyl (C=O) groups excluding carboxylic acids is 2. The summed E-state index contributed by atoms with van der Waals surface area (Å²) in [4.78, 5) is 32.4. The monoisotopic (exact) mass is 471 g/mol. The molecule has 0 spiro atoms. The summed E-state index contributed by atoms with van der Waals surface area (Å²) in [6.07, 6.45) is -2.19. The van der Waals surface area contributed by atoms with Crippen LogP contribution >= 0.6 is 0 Å². The number of nitrogens with zero attached hydrogens (tertiary/aromatic N) is 3. The highest BCUT2D eigenvalue weighted by Crippen LogP contribution is 2.34. The number of pyridine rings is 2. The number of Topliss-reactive ketones (excluding diaryl/α,β-unsaturated/α-hetero) is 1. The number of urea groups is 1. The zero-order valence-electron chi connectivity index (χ0n) is 18.7. The van der Waals surface area contributed by atoms with Crippen LogP contribution in [0.3, 0.4) is 0 Å². The molecule has 34 heavy (non-hydrogen) atoms. The molecule has 0 bridgehead atoms. The largest absolute Gasteiger partial charge is 0.416 e. The van der Waals surface area contributed by atoms with Crippen LogP contribution in [0, 0.1) is 0 Å². The molecule has 178 valence electrons. The van der Waals surface area contributed by atoms with Gasteiger partial charge in [-0.05, 0) is 56.7 Å². The van der Waals surface area contributed by atoms with Crippen molar-refractivity contribution >= 4 is 29.1 Å². The summed E-state index contributed by atoms with van der Waals surface area (Å²) in [5, 5.41) is 5.94. The fourth-order valence-corrected chi connectivity index (χ4v) is 3.19. The molecule has 7 nitrogen and oxygen atoms in total. The summed E-state index contributed by atoms with van der Waals surface area (Å²) in [7, 11) is 0. The number of aromatic nitrogens is 2. The second-order valence-electron chi connectivity index (χ2n) is 7.63. The van der Waals surface area contributed by atoms with Gasteiger partial charge < -0.3 is 10.1 Å². The Bertz CT molecular complexity index is 1150. The maximum atomic E-state index is 13.1. The van der Waals surface area contributed by atoms with Crippen LogP contribution in [-0.2, 0) is 11.0 Å². The number of rotatable bonds is 2. The Labute approximate surface area is 195 Å². The predicted molar refractivity (Wildman–Crippen MR) is 125 cm³/mol. The van der Waals surface area contributed by atoms with Gasteiger partial charge in [0.05, 0.1) is 16.9 Å². The van der Waals surface area contributed by atoms with Crippen molar-refractivity contribution in [2.75, 3.05) is 28.6 Å². The zero-order valence-corrected chi connectivity index (χ0v) is 18.7. The Balaban J connectivity index is 0.000000751. The molecule has 3 aromatic rings. The van der Waals surface area contributed by atoms with Gasteiger partial charge in [0.2, 0.25) is 0 Å². The van der Waals surface area contributed by atoms with E-state index in [1.165, 1.54) is 24.8 Å². The molecule has 0 aliphatic carbocycles. The minimum absolute atomic E-state index is 0.167. The van der Waals surface area contributed by atoms with Gasteiger partial charge >= 0.3 is 12.2 Å². The summed E-state index contributed by atoms with van der Waals surface area (Å²) >= 11 is 0. The molecular formula is C24H24F3N5O2. The SMILES string of the molecule is CC(C)=O.O=C(Nc1ccccn1)N1CCCNc2ccc(-c3cccc(C(F)(F)F)c3)nc21. The average Bonchev–Trinajstić information content (AvgIpc) is 3.01. The third-order valence-corrected chi connectivity index (χ3v) is 4.64. The molecule has 0 fully saturated rings. The molecule has 3 heterocycles. The van der Waals surface area contributed by atoms with Crippen LogP contribution < -0.4 is 15.5 Å². The van der Waals surface area contributed by atoms with Gasteiger partial charge in [-0.25, -0.2) is 14.8 Å². The van der Waals surface area contributed by atoms with E-state index < -0.39 is 17.8 Å². The number of benzene rings is 1. The predicted octanol–water partition coefficient (Wildman–Crippen LogP) is 5.61. The first-order chi connectivity index (χ1) is 16.1. The molecule has 10 heteroatoms. The van der Waals surface area contributed by atoms with Gasteiger partial charge in [0.25, 0.3) is 0 Å². The highest BCUT2D eigenvalue weighted by Gasteiger charge is 2.31. The van der Waals surface area contributed by atoms with E-state index in [0.717, 1.165) is 12.1 Å². The Hall–Kier alpha value is -3.95. The van der Waals surface area contributed by atoms with E-state index >= 15 is 0 Å². The van der Waals surface area contributed by atoms with E-state index in [-0.39, 0.29) is 5.78 Å². The molecule has 0 saturated heterocycles. The molecule has 4 rings (SSSR count). The highest BCUT2D eigenvalue weighted by molar-refractivity contribution is 6.02. The number of halogens is 3. The van der Waals surface area contributed by atoms with Crippen LogP contribution in [0.5, 0.6) is 0 Å². The lowest BCUT2D eigenvalue weighted by molar-refractivity contribution is -0.137. The fraction of sp³-hybridized carbons (Fsp3) is 0.250. The second kappa shape index (κ2) is 10.8. The van der Waals surface area contributed by atoms with Gasteiger partial charge in [-0.2, -0.15) is 13.2 Å². The molecule has 0 saturated carbocycles. The molecule has 1 aliphatic heterocycles. The molecule has 0 unspecified atom stereocenters. The Morgan fingerprint density at radius 1 is 1.06 bits per heavy atom. The van der Waals surface area contributed by atoms with Crippen molar-refractivity contribution in [2.45, 2.75) is 26.4 Å². The van der Waals surface area contributed by atoms with Crippen LogP contribution in [0.4, 0.5) is 35.3 Å². The van der Waals surface area contributed by atoms with Crippen LogP contribution in [0.1, 0.15) is 25.8 Å². The number of nitrogens with one attached hydrogen (secondary N) is 2. The Kier molecular flexibility index (Phi) is 7.83. The highest BCUT2D eigenvalue weighted by atomic mass is 19.4. The number of fused-ring (bicyclic) bond motifs is 1. The van der Waals surface area contributed by atoms with E-state index in [0.29, 0.717) is 48.1 Å². The van der Waals surface area contributed by atoms with Crippen molar-refractivity contribution in [3.05, 3.63) is 66.4 Å². The normalized spacial score (nSPS) is 12.9. The number of carbonyl (C=O) groups is 2. The molecule has 2 N–H and O–H groups in total. The summed E-state index contributed by atoms with van der Waals surface area (Å²) in [6, 6.07) is 13.1. The first-order valence-electron chi connectivity index (χ1n) is 10.5. The van der Waals surface area contributed by atoms with E-state index in [1.807, 2.05) is 0 Å². The Morgan fingerprint density at radius 3 is 2.50 bits per heavy atom. The second-order valence-corrected chi connectivity index (χ2v) is 7.63. The minimum atomic E-state index is -4.45. The van der Waals surface area contributed by atoms with Gasteiger partial charge in [-0.3, -0.25) is 10.2 Å². The topological polar surface area (TPSA) is 87.2 Å². The average molecular weight is 471 g/mol. The van der Waals surface area contributed by atoms with E-state index in [2.05, 4.69) is 20.6 Å². The minimum Gasteiger partial charge on any atom is -0.382 e. The van der Waals surface area contributed by atoms with Gasteiger partial charge in [-0.1, -0.05) is 18.2 Å². The number of hydrogen-bond acceptors (Lipinski definition) is 5. The molecule has 0 radical (unpaired) electrons. The maximum absolute atomic E-state index is 13.1. The molecule has 2 aromatic heterocycles. The van der Waals surface area contributed by atoms with Crippen LogP contribution in [0.15, 0.2) is 60.8 Å². The number of hydrogen-bond donors (Lipinski definition) is 2. The first kappa shape index (κ1) is 24.7. The van der Waals surface area contributed by atoms with Gasteiger partial charge in [0.15, 0.2) is 5.82 Å². The van der Waals surface area contributed by atoms with Crippen molar-refractivity contribution in [3.63, 3.8) is 0 Å². The van der Waals surface area contributed by atoms with E-state index in [9.17, 15) is 22.8 Å². The fourth-order valence-electron chi connectivity index (χ4n) is 3.19. The zero-order chi connectivity index (χ0) is 24.7. The number of anilines is 3. The molecule has 1 aliphatic rings. The Morgan fingerprint density at radius 2 is 1.82 bits per heavy atom. The number of ketones is 1. The first-order valence-corrected chi connectivity index (χ1v) is 10.5. The van der Waals surface area contributed by atoms with E-state index in [4.69, 9.17) is 0 Å². The van der Waals surface area contributed by atoms with Gasteiger partial charge in [0.1, 0.15) is 11.6 Å². The standard InChI is InChI=1S/C21H18F3N5O.C3H6O/c22-21(23,24)15-6-3-5-14(13-15)16-8-9-17-19(27-16)29(12-4-11-25-17)20(30)28-18-7-1-2-10-26-18;1-3(2)4/h1-3,5-10,13,25H,4,11-12H2,(H,26,28,30);1-2H3. The lowest BCUT2D eigenvalue weighted by Crippen LogP contribution is -2.36. The lowest BCUT2D eigenvalue weighted by Gasteiger charge is -2.22. The van der Waals surface area contributed by atoms with Crippen molar-refractivity contribution in [1.82, 2.24) is 9.97 Å². The van der Waals surface area contributed by atoms with Gasteiger partial charge in [0, 0.05) is 24.8 Å². The molecule has 1 aromatic carbocycles. The van der Waals surface area contributed by atoms with Crippen LogP contribution in [-0.4, -0.2) is 34.9 Å². The third-order valence-electron chi connectivity index (χ3n) is 4.64. The third kappa shape index (κ3) is 6.53. The van der Waals surface area contributed by atoms with Crippen molar-refractivity contribution in [1.29, 1.82) is 0 Å². The van der Waals surface area contributed by atoms with Crippen molar-refractivity contribution in [3.8, 4) is 11.3 Å². The molecule has 2 amide bonds. The molecule has 0 atom stereocenters. The maximum Gasteiger partial charge on any atom is 0.416 e. The quantitative estimate of drug-likeness (QED) is 0.507. The summed E-state index contributed by atoms with van der Waals surface area (Å²) in [5.41, 5.74) is 0.556. The number of alkyl halides is 3. The summed E-state index contributed by atoms with van der Waals surface area (Å²) in [5.74, 6) is 0.922. The number of amides is 2. The summed E-state index contributed by atoms with van der Waals surface area (Å²) in [6.45, 7) is 4.10. The molecular weight excluding hydrogens is 447 g/mol. The van der Waals surface area contributed by atoms with Crippen molar-refractivity contribution in [2.24, 2.45) is 0 Å². The van der Waals surface area contributed by atoms with Crippen molar-refractivity contribution < 1.29 is 22.8 Å². The van der Waals surface area contributed by atoms with E-state index in [1.54, 1.807) is 42.6 Å². The lowest BCUT2D eigenvalue weighted by atomic mass is 10.1. The summed E-state index contributed by atoms with van der Waals surface area (Å²) < 4.78 is 39.3. The smallest absolute Gasteiger partial charge is 0.382 e. The van der Waals surface area contributed by atoms with Crippen LogP contribution in [0.2, 0.25) is 0 Å².